The second-order valence-corrected chi connectivity index (χ2v) is 8.58. The Bertz CT molecular complexity index is 1110. The number of aromatic nitrogens is 3. The molecule has 0 bridgehead atoms. The summed E-state index contributed by atoms with van der Waals surface area (Å²) in [6.07, 6.45) is 8.76. The molecule has 1 aromatic carbocycles. The van der Waals surface area contributed by atoms with Gasteiger partial charge < -0.3 is 13.9 Å². The first-order valence-electron chi connectivity index (χ1n) is 10.6. The molecular weight excluding hydrogens is 430 g/mol. The predicted octanol–water partition coefficient (Wildman–Crippen LogP) is 4.01. The van der Waals surface area contributed by atoms with Crippen molar-refractivity contribution in [3.8, 4) is 22.9 Å². The maximum atomic E-state index is 12.3. The van der Waals surface area contributed by atoms with Gasteiger partial charge in [-0.3, -0.25) is 9.36 Å². The third kappa shape index (κ3) is 4.50. The molecule has 166 valence electrons. The molecule has 0 radical (unpaired) electrons. The second kappa shape index (κ2) is 9.47. The monoisotopic (exact) mass is 453 g/mol. The summed E-state index contributed by atoms with van der Waals surface area (Å²) in [6, 6.07) is 9.64. The number of amides is 1. The Balaban J connectivity index is 1.33. The predicted molar refractivity (Wildman–Crippen MR) is 119 cm³/mol. The lowest BCUT2D eigenvalue weighted by Crippen LogP contribution is -2.20. The number of furan rings is 1. The van der Waals surface area contributed by atoms with Crippen LogP contribution < -0.4 is 14.9 Å². The fourth-order valence-electron chi connectivity index (χ4n) is 3.97. The van der Waals surface area contributed by atoms with E-state index < -0.39 is 0 Å². The first-order valence-corrected chi connectivity index (χ1v) is 11.6. The van der Waals surface area contributed by atoms with E-state index in [0.29, 0.717) is 17.6 Å². The molecule has 0 saturated heterocycles. The minimum atomic E-state index is -0.222. The Morgan fingerprint density at radius 3 is 2.91 bits per heavy atom. The van der Waals surface area contributed by atoms with Gasteiger partial charge >= 0.3 is 0 Å². The summed E-state index contributed by atoms with van der Waals surface area (Å²) in [5, 5.41) is 13.6. The first kappa shape index (κ1) is 20.6. The number of fused-ring (bicyclic) bond motifs is 1. The van der Waals surface area contributed by atoms with Crippen LogP contribution in [0.2, 0.25) is 0 Å². The van der Waals surface area contributed by atoms with E-state index in [-0.39, 0.29) is 18.5 Å². The van der Waals surface area contributed by atoms with Crippen molar-refractivity contribution >= 4 is 23.9 Å². The highest BCUT2D eigenvalue weighted by Gasteiger charge is 2.25. The molecule has 1 aliphatic carbocycles. The van der Waals surface area contributed by atoms with Gasteiger partial charge in [0.2, 0.25) is 6.79 Å². The molecule has 1 amide bonds. The number of nitrogens with one attached hydrogen (secondary N) is 1. The molecule has 0 spiro atoms. The summed E-state index contributed by atoms with van der Waals surface area (Å²) < 4.78 is 18.3. The molecule has 1 N–H and O–H groups in total. The first-order chi connectivity index (χ1) is 15.8. The molecule has 5 rings (SSSR count). The molecule has 1 saturated carbocycles. The average molecular weight is 454 g/mol. The molecule has 9 nitrogen and oxygen atoms in total. The molecular formula is C22H23N5O4S. The lowest BCUT2D eigenvalue weighted by Gasteiger charge is -2.25. The lowest BCUT2D eigenvalue weighted by atomic mass is 9.95. The van der Waals surface area contributed by atoms with E-state index in [1.54, 1.807) is 18.4 Å². The highest BCUT2D eigenvalue weighted by Crippen LogP contribution is 2.39. The van der Waals surface area contributed by atoms with Crippen molar-refractivity contribution in [2.45, 2.75) is 43.3 Å². The number of hydrazone groups is 1. The van der Waals surface area contributed by atoms with Crippen LogP contribution in [0.4, 0.5) is 0 Å². The van der Waals surface area contributed by atoms with Crippen LogP contribution in [0.15, 0.2) is 51.3 Å². The molecule has 1 fully saturated rings. The molecule has 1 aliphatic heterocycles. The van der Waals surface area contributed by atoms with Crippen LogP contribution in [0.1, 0.15) is 43.9 Å². The van der Waals surface area contributed by atoms with Gasteiger partial charge in [0.05, 0.1) is 18.2 Å². The van der Waals surface area contributed by atoms with E-state index in [9.17, 15) is 4.79 Å². The second-order valence-electron chi connectivity index (χ2n) is 7.63. The van der Waals surface area contributed by atoms with Gasteiger partial charge in [-0.05, 0) is 43.2 Å². The normalized spacial score (nSPS) is 16.0. The number of benzene rings is 1. The highest BCUT2D eigenvalue weighted by atomic mass is 32.2. The van der Waals surface area contributed by atoms with Gasteiger partial charge in [-0.15, -0.1) is 10.2 Å². The maximum absolute atomic E-state index is 12.3. The van der Waals surface area contributed by atoms with Crippen LogP contribution in [0.3, 0.4) is 0 Å². The van der Waals surface area contributed by atoms with Crippen molar-refractivity contribution in [1.82, 2.24) is 20.2 Å². The average Bonchev–Trinajstić information content (AvgIpc) is 3.58. The SMILES string of the molecule is O=C(CSc1nnc(-c2ccc3c(c2)OCO3)n1C1CCCCC1)NN=Cc1ccco1. The van der Waals surface area contributed by atoms with Gasteiger partial charge in [-0.1, -0.05) is 31.0 Å². The molecule has 2 aromatic heterocycles. The van der Waals surface area contributed by atoms with E-state index in [1.807, 2.05) is 18.2 Å². The third-order valence-corrected chi connectivity index (χ3v) is 6.43. The summed E-state index contributed by atoms with van der Waals surface area (Å²) in [4.78, 5) is 12.3. The number of carbonyl (C=O) groups is 1. The zero-order valence-corrected chi connectivity index (χ0v) is 18.2. The zero-order chi connectivity index (χ0) is 21.8. The molecule has 3 aromatic rings. The summed E-state index contributed by atoms with van der Waals surface area (Å²) in [5.41, 5.74) is 3.44. The van der Waals surface area contributed by atoms with Crippen molar-refractivity contribution in [3.63, 3.8) is 0 Å². The van der Waals surface area contributed by atoms with Crippen molar-refractivity contribution in [2.75, 3.05) is 12.5 Å². The lowest BCUT2D eigenvalue weighted by molar-refractivity contribution is -0.118. The molecule has 10 heteroatoms. The van der Waals surface area contributed by atoms with Gasteiger partial charge in [-0.25, -0.2) is 5.43 Å². The van der Waals surface area contributed by atoms with Gasteiger partial charge in [0.15, 0.2) is 22.5 Å². The van der Waals surface area contributed by atoms with Crippen LogP contribution in [0, 0.1) is 0 Å². The van der Waals surface area contributed by atoms with E-state index in [1.165, 1.54) is 37.2 Å². The van der Waals surface area contributed by atoms with Crippen LogP contribution in [-0.4, -0.2) is 39.4 Å². The topological polar surface area (TPSA) is 104 Å². The quantitative estimate of drug-likeness (QED) is 0.327. The van der Waals surface area contributed by atoms with Crippen LogP contribution in [-0.2, 0) is 4.79 Å². The number of carbonyl (C=O) groups excluding carboxylic acids is 1. The minimum absolute atomic E-state index is 0.182. The van der Waals surface area contributed by atoms with Crippen LogP contribution in [0.5, 0.6) is 11.5 Å². The van der Waals surface area contributed by atoms with Crippen LogP contribution in [0.25, 0.3) is 11.4 Å². The maximum Gasteiger partial charge on any atom is 0.250 e. The number of rotatable bonds is 7. The van der Waals surface area contributed by atoms with Crippen molar-refractivity contribution in [3.05, 3.63) is 42.4 Å². The van der Waals surface area contributed by atoms with Crippen molar-refractivity contribution in [1.29, 1.82) is 0 Å². The van der Waals surface area contributed by atoms with E-state index in [0.717, 1.165) is 35.1 Å². The fraction of sp³-hybridized carbons (Fsp3) is 0.364. The molecule has 32 heavy (non-hydrogen) atoms. The zero-order valence-electron chi connectivity index (χ0n) is 17.4. The van der Waals surface area contributed by atoms with Gasteiger partial charge in [0, 0.05) is 11.6 Å². The molecule has 3 heterocycles. The third-order valence-electron chi connectivity index (χ3n) is 5.49. The number of nitrogens with zero attached hydrogens (tertiary/aromatic N) is 4. The van der Waals surface area contributed by atoms with Crippen LogP contribution >= 0.6 is 11.8 Å². The van der Waals surface area contributed by atoms with E-state index in [2.05, 4.69) is 25.3 Å². The summed E-state index contributed by atoms with van der Waals surface area (Å²) >= 11 is 1.36. The smallest absolute Gasteiger partial charge is 0.250 e. The molecule has 2 aliphatic rings. The Morgan fingerprint density at radius 2 is 2.06 bits per heavy atom. The minimum Gasteiger partial charge on any atom is -0.463 e. The summed E-state index contributed by atoms with van der Waals surface area (Å²) in [6.45, 7) is 0.229. The largest absolute Gasteiger partial charge is 0.463 e. The van der Waals surface area contributed by atoms with E-state index in [4.69, 9.17) is 13.9 Å². The van der Waals surface area contributed by atoms with Gasteiger partial charge in [0.1, 0.15) is 5.76 Å². The number of hydrogen-bond donors (Lipinski definition) is 1. The summed E-state index contributed by atoms with van der Waals surface area (Å²) in [7, 11) is 0. The van der Waals surface area contributed by atoms with Crippen molar-refractivity contribution < 1.29 is 18.7 Å². The number of thioether (sulfide) groups is 1. The van der Waals surface area contributed by atoms with Crippen molar-refractivity contribution in [2.24, 2.45) is 5.10 Å². The van der Waals surface area contributed by atoms with Gasteiger partial charge in [0.25, 0.3) is 5.91 Å². The Kier molecular flexibility index (Phi) is 6.11. The molecule has 0 atom stereocenters. The standard InChI is InChI=1S/C22H23N5O4S/c28-20(24-23-12-17-7-4-10-29-17)13-32-22-26-25-21(27(22)16-5-2-1-3-6-16)15-8-9-18-19(11-15)31-14-30-18/h4,7-12,16H,1-3,5-6,13-14H2,(H,24,28). The fourth-order valence-corrected chi connectivity index (χ4v) is 4.77. The Labute approximate surface area is 189 Å². The molecule has 0 unspecified atom stereocenters. The van der Waals surface area contributed by atoms with Gasteiger partial charge in [-0.2, -0.15) is 5.10 Å². The Hall–Kier alpha value is -3.27. The Morgan fingerprint density at radius 1 is 1.19 bits per heavy atom. The number of ether oxygens (including phenoxy) is 2. The van der Waals surface area contributed by atoms with E-state index >= 15 is 0 Å². The highest BCUT2D eigenvalue weighted by molar-refractivity contribution is 7.99. The number of hydrogen-bond acceptors (Lipinski definition) is 8. The summed E-state index contributed by atoms with van der Waals surface area (Å²) in [5.74, 6) is 2.77.